The van der Waals surface area contributed by atoms with Crippen LogP contribution in [0.1, 0.15) is 24.5 Å². The second kappa shape index (κ2) is 5.65. The van der Waals surface area contributed by atoms with E-state index in [4.69, 9.17) is 4.42 Å². The molecule has 0 fully saturated rings. The molecule has 0 aliphatic rings. The van der Waals surface area contributed by atoms with Crippen molar-refractivity contribution in [2.75, 3.05) is 0 Å². The summed E-state index contributed by atoms with van der Waals surface area (Å²) in [5, 5.41) is 0. The van der Waals surface area contributed by atoms with Gasteiger partial charge < -0.3 is 9.21 Å². The number of ketones is 1. The molecule has 0 aliphatic heterocycles. The van der Waals surface area contributed by atoms with E-state index in [1.807, 2.05) is 31.2 Å². The van der Waals surface area contributed by atoms with E-state index in [0.717, 1.165) is 16.7 Å². The highest BCUT2D eigenvalue weighted by Crippen LogP contribution is 2.26. The fourth-order valence-corrected chi connectivity index (χ4v) is 2.01. The fourth-order valence-electron chi connectivity index (χ4n) is 2.01. The third-order valence-corrected chi connectivity index (χ3v) is 3.05. The van der Waals surface area contributed by atoms with Crippen molar-refractivity contribution in [1.82, 2.24) is 0 Å². The molecule has 0 bridgehead atoms. The highest BCUT2D eigenvalue weighted by atomic mass is 16.4. The molecule has 2 aromatic rings. The van der Waals surface area contributed by atoms with Crippen molar-refractivity contribution in [2.45, 2.75) is 26.7 Å². The molecule has 19 heavy (non-hydrogen) atoms. The summed E-state index contributed by atoms with van der Waals surface area (Å²) in [7, 11) is 0. The van der Waals surface area contributed by atoms with Crippen LogP contribution in [-0.4, -0.2) is 5.78 Å². The molecule has 98 valence electrons. The van der Waals surface area contributed by atoms with Crippen LogP contribution in [0.15, 0.2) is 45.6 Å². The maximum absolute atomic E-state index is 11.4. The Morgan fingerprint density at radius 1 is 1.16 bits per heavy atom. The van der Waals surface area contributed by atoms with Gasteiger partial charge in [0.05, 0.1) is 0 Å². The molecule has 2 rings (SSSR count). The Bertz CT molecular complexity index is 653. The van der Waals surface area contributed by atoms with E-state index < -0.39 is 0 Å². The van der Waals surface area contributed by atoms with E-state index in [0.29, 0.717) is 18.6 Å². The zero-order chi connectivity index (χ0) is 13.8. The van der Waals surface area contributed by atoms with Gasteiger partial charge in [0.1, 0.15) is 11.5 Å². The number of rotatable bonds is 4. The van der Waals surface area contributed by atoms with Gasteiger partial charge in [0.25, 0.3) is 0 Å². The average Bonchev–Trinajstić information content (AvgIpc) is 2.37. The van der Waals surface area contributed by atoms with Gasteiger partial charge in [-0.1, -0.05) is 24.3 Å². The van der Waals surface area contributed by atoms with Gasteiger partial charge in [-0.25, -0.2) is 4.79 Å². The summed E-state index contributed by atoms with van der Waals surface area (Å²) in [6, 6.07) is 10.9. The van der Waals surface area contributed by atoms with Gasteiger partial charge in [-0.3, -0.25) is 0 Å². The quantitative estimate of drug-likeness (QED) is 0.844. The average molecular weight is 256 g/mol. The van der Waals surface area contributed by atoms with Gasteiger partial charge in [-0.05, 0) is 37.5 Å². The molecule has 0 radical (unpaired) electrons. The Morgan fingerprint density at radius 2 is 1.89 bits per heavy atom. The molecule has 1 aromatic heterocycles. The minimum atomic E-state index is -0.371. The predicted octanol–water partition coefficient (Wildman–Crippen LogP) is 3.14. The zero-order valence-corrected chi connectivity index (χ0v) is 11.1. The molecular formula is C16H16O3. The Balaban J connectivity index is 2.49. The molecule has 1 heterocycles. The Morgan fingerprint density at radius 3 is 2.58 bits per heavy atom. The smallest absolute Gasteiger partial charge is 0.336 e. The number of hydrogen-bond acceptors (Lipinski definition) is 3. The van der Waals surface area contributed by atoms with Gasteiger partial charge >= 0.3 is 5.63 Å². The topological polar surface area (TPSA) is 47.3 Å². The lowest BCUT2D eigenvalue weighted by Crippen LogP contribution is -2.03. The second-order valence-electron chi connectivity index (χ2n) is 4.63. The summed E-state index contributed by atoms with van der Waals surface area (Å²) >= 11 is 0. The third-order valence-electron chi connectivity index (χ3n) is 3.05. The first-order chi connectivity index (χ1) is 9.08. The van der Waals surface area contributed by atoms with Gasteiger partial charge in [0.2, 0.25) is 0 Å². The van der Waals surface area contributed by atoms with Crippen LogP contribution in [0.5, 0.6) is 0 Å². The highest BCUT2D eigenvalue weighted by molar-refractivity contribution is 5.76. The lowest BCUT2D eigenvalue weighted by Gasteiger charge is -2.09. The van der Waals surface area contributed by atoms with Crippen LogP contribution in [0.2, 0.25) is 0 Å². The summed E-state index contributed by atoms with van der Waals surface area (Å²) < 4.78 is 5.34. The van der Waals surface area contributed by atoms with Crippen LogP contribution in [0, 0.1) is 6.92 Å². The first-order valence-electron chi connectivity index (χ1n) is 6.26. The lowest BCUT2D eigenvalue weighted by atomic mass is 9.99. The maximum atomic E-state index is 11.4. The molecular weight excluding hydrogens is 240 g/mol. The molecule has 0 aliphatic carbocycles. The van der Waals surface area contributed by atoms with Crippen molar-refractivity contribution in [2.24, 2.45) is 0 Å². The van der Waals surface area contributed by atoms with E-state index in [1.54, 1.807) is 13.0 Å². The summed E-state index contributed by atoms with van der Waals surface area (Å²) in [6.45, 7) is 3.53. The van der Waals surface area contributed by atoms with Crippen molar-refractivity contribution in [3.63, 3.8) is 0 Å². The Hall–Kier alpha value is -2.16. The molecule has 1 aromatic carbocycles. The summed E-state index contributed by atoms with van der Waals surface area (Å²) in [6.07, 6.45) is 1.04. The van der Waals surface area contributed by atoms with Crippen LogP contribution in [0.25, 0.3) is 11.3 Å². The Labute approximate surface area is 111 Å². The van der Waals surface area contributed by atoms with Crippen LogP contribution in [0.4, 0.5) is 0 Å². The molecule has 3 nitrogen and oxygen atoms in total. The number of hydrogen-bond donors (Lipinski definition) is 0. The third kappa shape index (κ3) is 3.19. The number of Topliss-reactive ketones (excluding diaryl/α,β-unsaturated/α-hetero) is 1. The summed E-state index contributed by atoms with van der Waals surface area (Å²) in [4.78, 5) is 22.5. The zero-order valence-electron chi connectivity index (χ0n) is 11.1. The van der Waals surface area contributed by atoms with Gasteiger partial charge in [-0.2, -0.15) is 0 Å². The van der Waals surface area contributed by atoms with Gasteiger partial charge in [0, 0.05) is 18.1 Å². The molecule has 0 saturated carbocycles. The van der Waals surface area contributed by atoms with Crippen molar-refractivity contribution in [3.8, 4) is 11.3 Å². The lowest BCUT2D eigenvalue weighted by molar-refractivity contribution is -0.116. The van der Waals surface area contributed by atoms with E-state index >= 15 is 0 Å². The summed E-state index contributed by atoms with van der Waals surface area (Å²) in [5.74, 6) is 0.703. The van der Waals surface area contributed by atoms with E-state index in [1.165, 1.54) is 6.07 Å². The largest absolute Gasteiger partial charge is 0.422 e. The monoisotopic (exact) mass is 256 g/mol. The molecule has 0 N–H and O–H groups in total. The van der Waals surface area contributed by atoms with Crippen LogP contribution in [-0.2, 0) is 11.2 Å². The minimum absolute atomic E-state index is 0.127. The van der Waals surface area contributed by atoms with Gasteiger partial charge in [0.15, 0.2) is 0 Å². The van der Waals surface area contributed by atoms with E-state index in [2.05, 4.69) is 0 Å². The first kappa shape index (κ1) is 13.3. The predicted molar refractivity (Wildman–Crippen MR) is 74.2 cm³/mol. The standard InChI is InChI=1S/C16H16O3/c1-11-5-3-4-6-14(11)16-13(8-7-12(2)17)9-10-15(18)19-16/h3-6,9-10H,7-8H2,1-2H3. The van der Waals surface area contributed by atoms with E-state index in [9.17, 15) is 9.59 Å². The van der Waals surface area contributed by atoms with Gasteiger partial charge in [-0.15, -0.1) is 0 Å². The van der Waals surface area contributed by atoms with Crippen molar-refractivity contribution in [1.29, 1.82) is 0 Å². The first-order valence-corrected chi connectivity index (χ1v) is 6.26. The molecule has 0 atom stereocenters. The molecule has 0 spiro atoms. The SMILES string of the molecule is CC(=O)CCc1ccc(=O)oc1-c1ccccc1C. The minimum Gasteiger partial charge on any atom is -0.422 e. The maximum Gasteiger partial charge on any atom is 0.336 e. The molecule has 3 heteroatoms. The number of carbonyl (C=O) groups is 1. The molecule has 0 saturated heterocycles. The van der Waals surface area contributed by atoms with E-state index in [-0.39, 0.29) is 11.4 Å². The Kier molecular flexibility index (Phi) is 3.95. The molecule has 0 unspecified atom stereocenters. The van der Waals surface area contributed by atoms with Crippen LogP contribution >= 0.6 is 0 Å². The number of carbonyl (C=O) groups excluding carboxylic acids is 1. The number of benzene rings is 1. The summed E-state index contributed by atoms with van der Waals surface area (Å²) in [5.41, 5.74) is 2.47. The highest BCUT2D eigenvalue weighted by Gasteiger charge is 2.11. The normalized spacial score (nSPS) is 10.4. The van der Waals surface area contributed by atoms with Crippen molar-refractivity contribution < 1.29 is 9.21 Å². The van der Waals surface area contributed by atoms with Crippen LogP contribution in [0.3, 0.4) is 0 Å². The van der Waals surface area contributed by atoms with Crippen molar-refractivity contribution >= 4 is 5.78 Å². The fraction of sp³-hybridized carbons (Fsp3) is 0.250. The second-order valence-corrected chi connectivity index (χ2v) is 4.63. The number of aryl methyl sites for hydroxylation is 2. The molecule has 0 amide bonds. The van der Waals surface area contributed by atoms with Crippen molar-refractivity contribution in [3.05, 3.63) is 57.9 Å². The van der Waals surface area contributed by atoms with Crippen LogP contribution < -0.4 is 5.63 Å².